The third kappa shape index (κ3) is 5.17. The lowest BCUT2D eigenvalue weighted by Gasteiger charge is -2.22. The molecule has 4 rings (SSSR count). The Bertz CT molecular complexity index is 1230. The van der Waals surface area contributed by atoms with Gasteiger partial charge >= 0.3 is 5.97 Å². The monoisotopic (exact) mass is 462 g/mol. The maximum atomic E-state index is 12.6. The number of methoxy groups -OCH3 is 1. The van der Waals surface area contributed by atoms with Crippen LogP contribution in [0.15, 0.2) is 54.6 Å². The minimum absolute atomic E-state index is 0.0451. The van der Waals surface area contributed by atoms with Gasteiger partial charge in [-0.25, -0.2) is 4.79 Å². The highest BCUT2D eigenvalue weighted by Crippen LogP contribution is 2.31. The molecule has 0 radical (unpaired) electrons. The molecule has 1 fully saturated rings. The average molecular weight is 463 g/mol. The number of hydrogen-bond acceptors (Lipinski definition) is 7. The minimum Gasteiger partial charge on any atom is -0.497 e. The van der Waals surface area contributed by atoms with E-state index in [2.05, 4.69) is 0 Å². The summed E-state index contributed by atoms with van der Waals surface area (Å²) in [5, 5.41) is 13.5. The number of benzene rings is 3. The standard InChI is InChI=1S/C26H26N2O6/c1-33-22-10-8-18-14-20(7-6-19(18)15-22)25(29)17-34-26(30)21-9-11-23(24(16-21)28(31)32)27-12-4-2-3-5-13-27/h6-11,14-16H,2-5,12-13,17H2,1H3. The number of fused-ring (bicyclic) bond motifs is 1. The molecule has 176 valence electrons. The lowest BCUT2D eigenvalue weighted by molar-refractivity contribution is -0.384. The molecule has 1 aliphatic rings. The van der Waals surface area contributed by atoms with Gasteiger partial charge in [-0.15, -0.1) is 0 Å². The lowest BCUT2D eigenvalue weighted by atomic mass is 10.0. The van der Waals surface area contributed by atoms with E-state index in [-0.39, 0.29) is 17.0 Å². The summed E-state index contributed by atoms with van der Waals surface area (Å²) in [6, 6.07) is 15.1. The van der Waals surface area contributed by atoms with Crippen LogP contribution in [0.25, 0.3) is 10.8 Å². The normalized spacial score (nSPS) is 13.9. The SMILES string of the molecule is COc1ccc2cc(C(=O)COC(=O)c3ccc(N4CCCCCC4)c([N+](=O)[O-])c3)ccc2c1. The van der Waals surface area contributed by atoms with Gasteiger partial charge in [0.05, 0.1) is 17.6 Å². The highest BCUT2D eigenvalue weighted by atomic mass is 16.6. The summed E-state index contributed by atoms with van der Waals surface area (Å²) >= 11 is 0. The molecule has 3 aromatic rings. The first-order valence-corrected chi connectivity index (χ1v) is 11.3. The molecule has 0 amide bonds. The summed E-state index contributed by atoms with van der Waals surface area (Å²) in [5.41, 5.74) is 0.830. The first-order valence-electron chi connectivity index (χ1n) is 11.3. The summed E-state index contributed by atoms with van der Waals surface area (Å²) in [6.45, 7) is 1.04. The van der Waals surface area contributed by atoms with E-state index >= 15 is 0 Å². The Kier molecular flexibility index (Phi) is 7.06. The Labute approximate surface area is 197 Å². The van der Waals surface area contributed by atoms with Gasteiger partial charge in [0.15, 0.2) is 12.4 Å². The average Bonchev–Trinajstić information content (AvgIpc) is 3.15. The second-order valence-corrected chi connectivity index (χ2v) is 8.29. The number of carbonyl (C=O) groups excluding carboxylic acids is 2. The molecule has 8 nitrogen and oxygen atoms in total. The second kappa shape index (κ2) is 10.3. The van der Waals surface area contributed by atoms with Crippen LogP contribution >= 0.6 is 0 Å². The van der Waals surface area contributed by atoms with Crippen molar-refractivity contribution in [2.24, 2.45) is 0 Å². The van der Waals surface area contributed by atoms with Gasteiger partial charge in [-0.2, -0.15) is 0 Å². The van der Waals surface area contributed by atoms with Crippen molar-refractivity contribution in [1.82, 2.24) is 0 Å². The zero-order valence-corrected chi connectivity index (χ0v) is 19.0. The van der Waals surface area contributed by atoms with E-state index in [1.807, 2.05) is 17.0 Å². The Hall–Kier alpha value is -3.94. The third-order valence-electron chi connectivity index (χ3n) is 6.06. The number of Topliss-reactive ketones (excluding diaryl/α,β-unsaturated/α-hetero) is 1. The van der Waals surface area contributed by atoms with Crippen molar-refractivity contribution in [1.29, 1.82) is 0 Å². The van der Waals surface area contributed by atoms with Crippen LogP contribution in [0.1, 0.15) is 46.4 Å². The number of rotatable bonds is 7. The number of nitro benzene ring substituents is 1. The number of carbonyl (C=O) groups is 2. The fourth-order valence-corrected chi connectivity index (χ4v) is 4.20. The largest absolute Gasteiger partial charge is 0.497 e. The summed E-state index contributed by atoms with van der Waals surface area (Å²) in [5.74, 6) is -0.414. The number of ketones is 1. The number of esters is 1. The van der Waals surface area contributed by atoms with Crippen molar-refractivity contribution in [3.05, 3.63) is 75.8 Å². The van der Waals surface area contributed by atoms with Gasteiger partial charge in [0.25, 0.3) is 5.69 Å². The molecule has 1 heterocycles. The molecule has 0 atom stereocenters. The first kappa shape index (κ1) is 23.2. The molecule has 3 aromatic carbocycles. The molecular formula is C26H26N2O6. The second-order valence-electron chi connectivity index (χ2n) is 8.29. The van der Waals surface area contributed by atoms with Gasteiger partial charge in [-0.05, 0) is 53.9 Å². The predicted octanol–water partition coefficient (Wildman–Crippen LogP) is 5.18. The minimum atomic E-state index is -0.774. The van der Waals surface area contributed by atoms with Gasteiger partial charge in [0, 0.05) is 24.7 Å². The van der Waals surface area contributed by atoms with E-state index in [9.17, 15) is 19.7 Å². The Balaban J connectivity index is 1.45. The van der Waals surface area contributed by atoms with Gasteiger partial charge in [0.1, 0.15) is 11.4 Å². The van der Waals surface area contributed by atoms with Crippen LogP contribution in [-0.4, -0.2) is 43.5 Å². The molecule has 0 spiro atoms. The number of nitrogens with zero attached hydrogens (tertiary/aromatic N) is 2. The van der Waals surface area contributed by atoms with Crippen molar-refractivity contribution in [2.45, 2.75) is 25.7 Å². The van der Waals surface area contributed by atoms with Crippen LogP contribution in [0.3, 0.4) is 0 Å². The van der Waals surface area contributed by atoms with Gasteiger partial charge < -0.3 is 14.4 Å². The molecule has 34 heavy (non-hydrogen) atoms. The number of nitro groups is 1. The van der Waals surface area contributed by atoms with Gasteiger partial charge in [0.2, 0.25) is 0 Å². The molecular weight excluding hydrogens is 436 g/mol. The highest BCUT2D eigenvalue weighted by Gasteiger charge is 2.23. The molecule has 0 N–H and O–H groups in total. The summed E-state index contributed by atoms with van der Waals surface area (Å²) in [6.07, 6.45) is 4.17. The van der Waals surface area contributed by atoms with E-state index in [0.717, 1.165) is 55.3 Å². The van der Waals surface area contributed by atoms with E-state index < -0.39 is 17.5 Å². The maximum absolute atomic E-state index is 12.6. The molecule has 0 bridgehead atoms. The summed E-state index contributed by atoms with van der Waals surface area (Å²) < 4.78 is 10.4. The number of ether oxygens (including phenoxy) is 2. The topological polar surface area (TPSA) is 99.0 Å². The lowest BCUT2D eigenvalue weighted by Crippen LogP contribution is -2.25. The molecule has 0 aliphatic carbocycles. The summed E-state index contributed by atoms with van der Waals surface area (Å²) in [7, 11) is 1.59. The van der Waals surface area contributed by atoms with E-state index in [4.69, 9.17) is 9.47 Å². The van der Waals surface area contributed by atoms with Crippen LogP contribution in [0.4, 0.5) is 11.4 Å². The maximum Gasteiger partial charge on any atom is 0.338 e. The van der Waals surface area contributed by atoms with Crippen LogP contribution in [-0.2, 0) is 4.74 Å². The fraction of sp³-hybridized carbons (Fsp3) is 0.308. The predicted molar refractivity (Wildman–Crippen MR) is 129 cm³/mol. The molecule has 1 saturated heterocycles. The number of hydrogen-bond donors (Lipinski definition) is 0. The van der Waals surface area contributed by atoms with E-state index in [1.165, 1.54) is 12.1 Å². The highest BCUT2D eigenvalue weighted by molar-refractivity contribution is 6.02. The third-order valence-corrected chi connectivity index (χ3v) is 6.06. The van der Waals surface area contributed by atoms with Crippen molar-refractivity contribution in [3.8, 4) is 5.75 Å². The number of anilines is 1. The van der Waals surface area contributed by atoms with Crippen molar-refractivity contribution < 1.29 is 24.0 Å². The van der Waals surface area contributed by atoms with Crippen LogP contribution < -0.4 is 9.64 Å². The molecule has 1 aliphatic heterocycles. The molecule has 0 aromatic heterocycles. The molecule has 0 saturated carbocycles. The summed E-state index contributed by atoms with van der Waals surface area (Å²) in [4.78, 5) is 38.4. The van der Waals surface area contributed by atoms with Crippen molar-refractivity contribution >= 4 is 33.9 Å². The van der Waals surface area contributed by atoms with Crippen LogP contribution in [0.2, 0.25) is 0 Å². The fourth-order valence-electron chi connectivity index (χ4n) is 4.20. The van der Waals surface area contributed by atoms with Crippen LogP contribution in [0, 0.1) is 10.1 Å². The molecule has 8 heteroatoms. The van der Waals surface area contributed by atoms with E-state index in [0.29, 0.717) is 11.3 Å². The van der Waals surface area contributed by atoms with Gasteiger partial charge in [-0.3, -0.25) is 14.9 Å². The Morgan fingerprint density at radius 2 is 1.59 bits per heavy atom. The van der Waals surface area contributed by atoms with Crippen molar-refractivity contribution in [2.75, 3.05) is 31.7 Å². The first-order chi connectivity index (χ1) is 16.5. The van der Waals surface area contributed by atoms with Crippen LogP contribution in [0.5, 0.6) is 5.75 Å². The quantitative estimate of drug-likeness (QED) is 0.207. The smallest absolute Gasteiger partial charge is 0.338 e. The van der Waals surface area contributed by atoms with E-state index in [1.54, 1.807) is 37.4 Å². The Morgan fingerprint density at radius 3 is 2.29 bits per heavy atom. The molecule has 0 unspecified atom stereocenters. The zero-order valence-electron chi connectivity index (χ0n) is 19.0. The Morgan fingerprint density at radius 1 is 0.912 bits per heavy atom. The van der Waals surface area contributed by atoms with Gasteiger partial charge in [-0.1, -0.05) is 31.0 Å². The zero-order chi connectivity index (χ0) is 24.1. The van der Waals surface area contributed by atoms with Crippen molar-refractivity contribution in [3.63, 3.8) is 0 Å².